The number of alkyl halides is 2. The third-order valence-corrected chi connectivity index (χ3v) is 4.00. The molecular formula is C17H22F2N2O4. The fraction of sp³-hybridized carbons (Fsp3) is 0.529. The number of amides is 2. The summed E-state index contributed by atoms with van der Waals surface area (Å²) in [5, 5.41) is 0. The Morgan fingerprint density at radius 1 is 1.16 bits per heavy atom. The summed E-state index contributed by atoms with van der Waals surface area (Å²) in [5.74, 6) is -0.979. The zero-order valence-electron chi connectivity index (χ0n) is 14.0. The Balaban J connectivity index is 1.98. The Morgan fingerprint density at radius 2 is 1.88 bits per heavy atom. The normalized spacial score (nSPS) is 14.9. The highest BCUT2D eigenvalue weighted by Gasteiger charge is 2.22. The Kier molecular flexibility index (Phi) is 6.97. The lowest BCUT2D eigenvalue weighted by atomic mass is 9.89. The van der Waals surface area contributed by atoms with Crippen molar-refractivity contribution in [2.45, 2.75) is 45.6 Å². The van der Waals surface area contributed by atoms with Gasteiger partial charge in [-0.3, -0.25) is 20.4 Å². The average molecular weight is 356 g/mol. The average Bonchev–Trinajstić information content (AvgIpc) is 2.61. The maximum absolute atomic E-state index is 12.4. The molecule has 0 atom stereocenters. The molecule has 1 fully saturated rings. The van der Waals surface area contributed by atoms with Crippen LogP contribution in [-0.4, -0.2) is 25.0 Å². The largest absolute Gasteiger partial charge is 0.490 e. The number of benzene rings is 1. The Bertz CT molecular complexity index is 604. The number of halogens is 2. The molecule has 0 heterocycles. The molecule has 1 aromatic rings. The molecule has 2 amide bonds. The van der Waals surface area contributed by atoms with E-state index in [1.165, 1.54) is 18.2 Å². The van der Waals surface area contributed by atoms with Crippen LogP contribution in [0, 0.1) is 5.92 Å². The molecule has 2 N–H and O–H groups in total. The van der Waals surface area contributed by atoms with Crippen LogP contribution >= 0.6 is 0 Å². The van der Waals surface area contributed by atoms with Crippen LogP contribution in [0.5, 0.6) is 11.5 Å². The molecule has 0 saturated heterocycles. The highest BCUT2D eigenvalue weighted by atomic mass is 19.3. The number of nitrogens with one attached hydrogen (secondary N) is 2. The fourth-order valence-electron chi connectivity index (χ4n) is 2.77. The summed E-state index contributed by atoms with van der Waals surface area (Å²) in [6, 6.07) is 3.85. The van der Waals surface area contributed by atoms with Crippen molar-refractivity contribution in [2.24, 2.45) is 5.92 Å². The predicted octanol–water partition coefficient (Wildman–Crippen LogP) is 3.03. The number of carbonyl (C=O) groups excluding carboxylic acids is 2. The van der Waals surface area contributed by atoms with E-state index in [9.17, 15) is 18.4 Å². The summed E-state index contributed by atoms with van der Waals surface area (Å²) in [7, 11) is 0. The van der Waals surface area contributed by atoms with Crippen molar-refractivity contribution in [1.29, 1.82) is 0 Å². The third-order valence-electron chi connectivity index (χ3n) is 4.00. The second-order valence-corrected chi connectivity index (χ2v) is 5.75. The second-order valence-electron chi connectivity index (χ2n) is 5.75. The number of ether oxygens (including phenoxy) is 2. The van der Waals surface area contributed by atoms with Gasteiger partial charge in [0.2, 0.25) is 5.91 Å². The number of rotatable bonds is 6. The van der Waals surface area contributed by atoms with Crippen molar-refractivity contribution in [1.82, 2.24) is 10.9 Å². The summed E-state index contributed by atoms with van der Waals surface area (Å²) in [4.78, 5) is 24.2. The van der Waals surface area contributed by atoms with E-state index in [1.807, 2.05) is 0 Å². The number of hydrogen-bond donors (Lipinski definition) is 2. The zero-order valence-corrected chi connectivity index (χ0v) is 14.0. The molecule has 25 heavy (non-hydrogen) atoms. The summed E-state index contributed by atoms with van der Waals surface area (Å²) < 4.78 is 34.3. The van der Waals surface area contributed by atoms with Crippen LogP contribution < -0.4 is 20.3 Å². The lowest BCUT2D eigenvalue weighted by Crippen LogP contribution is -2.44. The lowest BCUT2D eigenvalue weighted by Gasteiger charge is -2.20. The molecule has 1 saturated carbocycles. The van der Waals surface area contributed by atoms with Crippen molar-refractivity contribution >= 4 is 11.8 Å². The molecule has 2 rings (SSSR count). The molecule has 0 spiro atoms. The molecule has 8 heteroatoms. The van der Waals surface area contributed by atoms with Gasteiger partial charge in [-0.25, -0.2) is 0 Å². The molecule has 1 aliphatic rings. The summed E-state index contributed by atoms with van der Waals surface area (Å²) >= 11 is 0. The molecule has 1 aliphatic carbocycles. The molecule has 0 radical (unpaired) electrons. The topological polar surface area (TPSA) is 76.7 Å². The van der Waals surface area contributed by atoms with E-state index in [2.05, 4.69) is 15.6 Å². The van der Waals surface area contributed by atoms with Crippen LogP contribution in [0.15, 0.2) is 18.2 Å². The van der Waals surface area contributed by atoms with Crippen molar-refractivity contribution < 1.29 is 27.8 Å². The van der Waals surface area contributed by atoms with Crippen molar-refractivity contribution in [3.05, 3.63) is 23.8 Å². The molecule has 0 aromatic heterocycles. The summed E-state index contributed by atoms with van der Waals surface area (Å²) in [6.45, 7) is -1.08. The predicted molar refractivity (Wildman–Crippen MR) is 86.4 cm³/mol. The van der Waals surface area contributed by atoms with Gasteiger partial charge in [-0.05, 0) is 38.0 Å². The minimum Gasteiger partial charge on any atom is -0.490 e. The minimum atomic E-state index is -2.99. The lowest BCUT2D eigenvalue weighted by molar-refractivity contribution is -0.126. The highest BCUT2D eigenvalue weighted by Crippen LogP contribution is 2.30. The number of carbonyl (C=O) groups is 2. The van der Waals surface area contributed by atoms with Gasteiger partial charge in [0.15, 0.2) is 11.5 Å². The van der Waals surface area contributed by atoms with Crippen LogP contribution in [0.2, 0.25) is 0 Å². The van der Waals surface area contributed by atoms with E-state index >= 15 is 0 Å². The van der Waals surface area contributed by atoms with Gasteiger partial charge >= 0.3 is 6.61 Å². The van der Waals surface area contributed by atoms with Gasteiger partial charge < -0.3 is 9.47 Å². The Hall–Kier alpha value is -2.38. The van der Waals surface area contributed by atoms with E-state index in [4.69, 9.17) is 4.74 Å². The smallest absolute Gasteiger partial charge is 0.387 e. The van der Waals surface area contributed by atoms with Gasteiger partial charge in [0.1, 0.15) is 0 Å². The van der Waals surface area contributed by atoms with Crippen LogP contribution in [0.1, 0.15) is 49.4 Å². The van der Waals surface area contributed by atoms with Crippen LogP contribution in [0.4, 0.5) is 8.78 Å². The maximum atomic E-state index is 12.4. The van der Waals surface area contributed by atoms with Crippen molar-refractivity contribution in [3.63, 3.8) is 0 Å². The molecule has 0 unspecified atom stereocenters. The first-order chi connectivity index (χ1) is 12.0. The zero-order chi connectivity index (χ0) is 18.2. The van der Waals surface area contributed by atoms with E-state index in [1.54, 1.807) is 6.92 Å². The van der Waals surface area contributed by atoms with Crippen molar-refractivity contribution in [2.75, 3.05) is 6.61 Å². The monoisotopic (exact) mass is 356 g/mol. The Morgan fingerprint density at radius 3 is 2.52 bits per heavy atom. The van der Waals surface area contributed by atoms with Crippen LogP contribution in [0.3, 0.4) is 0 Å². The van der Waals surface area contributed by atoms with E-state index in [-0.39, 0.29) is 35.5 Å². The van der Waals surface area contributed by atoms with E-state index in [0.717, 1.165) is 32.1 Å². The summed E-state index contributed by atoms with van der Waals surface area (Å²) in [5.41, 5.74) is 4.92. The third kappa shape index (κ3) is 5.58. The highest BCUT2D eigenvalue weighted by molar-refractivity contribution is 5.96. The van der Waals surface area contributed by atoms with Gasteiger partial charge in [0.05, 0.1) is 6.61 Å². The first-order valence-electron chi connectivity index (χ1n) is 8.33. The van der Waals surface area contributed by atoms with Crippen LogP contribution in [0.25, 0.3) is 0 Å². The second kappa shape index (κ2) is 9.19. The molecule has 0 bridgehead atoms. The van der Waals surface area contributed by atoms with Gasteiger partial charge in [-0.15, -0.1) is 0 Å². The van der Waals surface area contributed by atoms with E-state index < -0.39 is 12.5 Å². The first kappa shape index (κ1) is 19.0. The SMILES string of the molecule is CCOc1cc(C(=O)NNC(=O)C2CCCCC2)ccc1OC(F)F. The van der Waals surface area contributed by atoms with Gasteiger partial charge in [0, 0.05) is 11.5 Å². The molecular weight excluding hydrogens is 334 g/mol. The quantitative estimate of drug-likeness (QED) is 0.768. The number of hydrogen-bond acceptors (Lipinski definition) is 4. The standard InChI is InChI=1S/C17H22F2N2O4/c1-2-24-14-10-12(8-9-13(14)25-17(18)19)16(23)21-20-15(22)11-6-4-3-5-7-11/h8-11,17H,2-7H2,1H3,(H,20,22)(H,21,23). The molecule has 1 aromatic carbocycles. The maximum Gasteiger partial charge on any atom is 0.387 e. The minimum absolute atomic E-state index is 0.0362. The van der Waals surface area contributed by atoms with Gasteiger partial charge in [0.25, 0.3) is 5.91 Å². The molecule has 6 nitrogen and oxygen atoms in total. The van der Waals surface area contributed by atoms with Crippen LogP contribution in [-0.2, 0) is 4.79 Å². The van der Waals surface area contributed by atoms with Crippen molar-refractivity contribution in [3.8, 4) is 11.5 Å². The summed E-state index contributed by atoms with van der Waals surface area (Å²) in [6.07, 6.45) is 4.78. The Labute approximate surface area is 144 Å². The molecule has 0 aliphatic heterocycles. The number of hydrazine groups is 1. The fourth-order valence-corrected chi connectivity index (χ4v) is 2.77. The van der Waals surface area contributed by atoms with Gasteiger partial charge in [-0.2, -0.15) is 8.78 Å². The molecule has 138 valence electrons. The first-order valence-corrected chi connectivity index (χ1v) is 8.33. The van der Waals surface area contributed by atoms with Gasteiger partial charge in [-0.1, -0.05) is 19.3 Å². The van der Waals surface area contributed by atoms with E-state index in [0.29, 0.717) is 0 Å².